The number of carbonyl (C=O) groups excluding carboxylic acids is 1. The summed E-state index contributed by atoms with van der Waals surface area (Å²) in [6, 6.07) is 8.82. The van der Waals surface area contributed by atoms with Crippen molar-refractivity contribution in [2.45, 2.75) is 64.5 Å². The smallest absolute Gasteiger partial charge is 0.258 e. The summed E-state index contributed by atoms with van der Waals surface area (Å²) in [6.45, 7) is 9.56. The van der Waals surface area contributed by atoms with Crippen molar-refractivity contribution in [3.63, 3.8) is 0 Å². The maximum atomic E-state index is 11.7. The molecule has 1 amide bonds. The van der Waals surface area contributed by atoms with E-state index in [-0.39, 0.29) is 36.5 Å². The van der Waals surface area contributed by atoms with Gasteiger partial charge in [-0.15, -0.1) is 24.0 Å². The van der Waals surface area contributed by atoms with Crippen molar-refractivity contribution in [2.75, 3.05) is 39.3 Å². The Bertz CT molecular complexity index is 701. The molecular formula is C24H40IN5O2. The van der Waals surface area contributed by atoms with Gasteiger partial charge < -0.3 is 25.6 Å². The van der Waals surface area contributed by atoms with Crippen molar-refractivity contribution < 1.29 is 9.53 Å². The second kappa shape index (κ2) is 14.6. The zero-order valence-electron chi connectivity index (χ0n) is 19.6. The number of nitrogens with one attached hydrogen (secondary N) is 3. The molecule has 0 bridgehead atoms. The zero-order valence-corrected chi connectivity index (χ0v) is 21.9. The lowest BCUT2D eigenvalue weighted by Crippen LogP contribution is -2.48. The van der Waals surface area contributed by atoms with Crippen molar-refractivity contribution in [3.8, 4) is 5.75 Å². The fraction of sp³-hybridized carbons (Fsp3) is 0.667. The number of halogens is 1. The van der Waals surface area contributed by atoms with E-state index < -0.39 is 0 Å². The molecular weight excluding hydrogens is 517 g/mol. The monoisotopic (exact) mass is 557 g/mol. The normalized spacial score (nSPS) is 17.4. The van der Waals surface area contributed by atoms with Crippen LogP contribution in [0.2, 0.25) is 0 Å². The third-order valence-electron chi connectivity index (χ3n) is 5.72. The number of hydrogen-bond acceptors (Lipinski definition) is 4. The number of hydrogen-bond donors (Lipinski definition) is 3. The minimum atomic E-state index is -0.0413. The quantitative estimate of drug-likeness (QED) is 0.222. The van der Waals surface area contributed by atoms with Crippen LogP contribution in [0.15, 0.2) is 29.3 Å². The summed E-state index contributed by atoms with van der Waals surface area (Å²) in [4.78, 5) is 19.0. The molecule has 1 aliphatic heterocycles. The molecule has 1 aromatic rings. The average Bonchev–Trinajstić information content (AvgIpc) is 3.59. The molecule has 0 atom stereocenters. The molecule has 1 aliphatic carbocycles. The van der Waals surface area contributed by atoms with E-state index in [1.54, 1.807) is 0 Å². The van der Waals surface area contributed by atoms with E-state index >= 15 is 0 Å². The van der Waals surface area contributed by atoms with Crippen LogP contribution in [0.25, 0.3) is 0 Å². The van der Waals surface area contributed by atoms with Gasteiger partial charge in [-0.1, -0.05) is 19.1 Å². The van der Waals surface area contributed by atoms with Crippen LogP contribution in [0.3, 0.4) is 0 Å². The maximum absolute atomic E-state index is 11.7. The van der Waals surface area contributed by atoms with Crippen LogP contribution in [0.5, 0.6) is 5.75 Å². The van der Waals surface area contributed by atoms with Gasteiger partial charge in [0.15, 0.2) is 12.6 Å². The summed E-state index contributed by atoms with van der Waals surface area (Å²) in [6.07, 6.45) is 6.62. The minimum Gasteiger partial charge on any atom is -0.484 e. The van der Waals surface area contributed by atoms with Gasteiger partial charge in [0.25, 0.3) is 5.91 Å². The van der Waals surface area contributed by atoms with Crippen molar-refractivity contribution >= 4 is 35.8 Å². The fourth-order valence-corrected chi connectivity index (χ4v) is 3.83. The largest absolute Gasteiger partial charge is 0.484 e. The molecule has 180 valence electrons. The van der Waals surface area contributed by atoms with Crippen LogP contribution < -0.4 is 20.7 Å². The Morgan fingerprint density at radius 1 is 1.06 bits per heavy atom. The Morgan fingerprint density at radius 3 is 2.38 bits per heavy atom. The molecule has 3 N–H and O–H groups in total. The molecule has 7 nitrogen and oxygen atoms in total. The number of aliphatic imine (C=N–C) groups is 1. The van der Waals surface area contributed by atoms with Crippen LogP contribution in [0.4, 0.5) is 0 Å². The molecule has 1 saturated carbocycles. The Balaban J connectivity index is 0.00000363. The molecule has 1 saturated heterocycles. The predicted molar refractivity (Wildman–Crippen MR) is 141 cm³/mol. The molecule has 2 fully saturated rings. The molecule has 8 heteroatoms. The number of rotatable bonds is 11. The number of ether oxygens (including phenoxy) is 1. The zero-order chi connectivity index (χ0) is 21.9. The number of nitrogens with zero attached hydrogens (tertiary/aromatic N) is 2. The molecule has 2 aliphatic rings. The lowest BCUT2D eigenvalue weighted by Gasteiger charge is -2.32. The molecule has 0 unspecified atom stereocenters. The number of guanidine groups is 1. The van der Waals surface area contributed by atoms with Crippen LogP contribution in [0, 0.1) is 0 Å². The van der Waals surface area contributed by atoms with E-state index in [0.717, 1.165) is 44.1 Å². The summed E-state index contributed by atoms with van der Waals surface area (Å²) < 4.78 is 5.57. The van der Waals surface area contributed by atoms with Crippen molar-refractivity contribution in [3.05, 3.63) is 29.8 Å². The minimum absolute atomic E-state index is 0. The molecule has 1 heterocycles. The highest BCUT2D eigenvalue weighted by Gasteiger charge is 2.23. The number of piperidine rings is 1. The third kappa shape index (κ3) is 9.94. The molecule has 0 aromatic heterocycles. The van der Waals surface area contributed by atoms with E-state index in [1.807, 2.05) is 24.3 Å². The Hall–Kier alpha value is -1.55. The first-order chi connectivity index (χ1) is 15.2. The van der Waals surface area contributed by atoms with Crippen LogP contribution in [-0.2, 0) is 11.2 Å². The summed E-state index contributed by atoms with van der Waals surface area (Å²) in [5.74, 6) is 1.60. The van der Waals surface area contributed by atoms with Gasteiger partial charge in [-0.3, -0.25) is 9.79 Å². The molecule has 1 aromatic carbocycles. The van der Waals surface area contributed by atoms with Crippen molar-refractivity contribution in [1.29, 1.82) is 0 Å². The predicted octanol–water partition coefficient (Wildman–Crippen LogP) is 2.93. The number of carbonyl (C=O) groups is 1. The Kier molecular flexibility index (Phi) is 12.2. The van der Waals surface area contributed by atoms with Gasteiger partial charge in [0.05, 0.1) is 0 Å². The first-order valence-electron chi connectivity index (χ1n) is 11.9. The van der Waals surface area contributed by atoms with Crippen molar-refractivity contribution in [2.24, 2.45) is 4.99 Å². The van der Waals surface area contributed by atoms with Gasteiger partial charge in [-0.2, -0.15) is 0 Å². The number of likely N-dealkylation sites (tertiary alicyclic amines) is 1. The van der Waals surface area contributed by atoms with Crippen LogP contribution in [0.1, 0.15) is 51.5 Å². The van der Waals surface area contributed by atoms with E-state index in [4.69, 9.17) is 9.73 Å². The van der Waals surface area contributed by atoms with E-state index in [9.17, 15) is 4.79 Å². The van der Waals surface area contributed by atoms with E-state index in [0.29, 0.717) is 12.1 Å². The second-order valence-corrected chi connectivity index (χ2v) is 8.55. The average molecular weight is 558 g/mol. The van der Waals surface area contributed by atoms with Gasteiger partial charge in [-0.25, -0.2) is 0 Å². The van der Waals surface area contributed by atoms with Gasteiger partial charge in [0.2, 0.25) is 0 Å². The van der Waals surface area contributed by atoms with Gasteiger partial charge in [0.1, 0.15) is 5.75 Å². The Morgan fingerprint density at radius 2 is 1.75 bits per heavy atom. The molecule has 0 spiro atoms. The molecule has 0 radical (unpaired) electrons. The standard InChI is InChI=1S/C24H39N5O2.HI/c1-3-15-29-16-12-21(13-17-29)28-24(25-4-2)26-14-11-19-5-9-22(10-6-19)31-18-23(30)27-20-7-8-20;/h5-6,9-10,20-21H,3-4,7-8,11-18H2,1-2H3,(H,27,30)(H2,25,26,28);1H. The van der Waals surface area contributed by atoms with Crippen LogP contribution >= 0.6 is 24.0 Å². The highest BCUT2D eigenvalue weighted by Crippen LogP contribution is 2.18. The number of benzene rings is 1. The fourth-order valence-electron chi connectivity index (χ4n) is 3.83. The van der Waals surface area contributed by atoms with Crippen molar-refractivity contribution in [1.82, 2.24) is 20.9 Å². The second-order valence-electron chi connectivity index (χ2n) is 8.55. The third-order valence-corrected chi connectivity index (χ3v) is 5.72. The first-order valence-corrected chi connectivity index (χ1v) is 11.9. The van der Waals surface area contributed by atoms with E-state index in [2.05, 4.69) is 34.7 Å². The molecule has 32 heavy (non-hydrogen) atoms. The SMILES string of the molecule is CCCN1CCC(NC(=NCCc2ccc(OCC(=O)NC3CC3)cc2)NCC)CC1.I. The highest BCUT2D eigenvalue weighted by molar-refractivity contribution is 14.0. The molecule has 3 rings (SSSR count). The van der Waals surface area contributed by atoms with E-state index in [1.165, 1.54) is 44.5 Å². The first kappa shape index (κ1) is 26.7. The van der Waals surface area contributed by atoms with Gasteiger partial charge >= 0.3 is 0 Å². The number of amides is 1. The summed E-state index contributed by atoms with van der Waals surface area (Å²) >= 11 is 0. The lowest BCUT2D eigenvalue weighted by atomic mass is 10.1. The highest BCUT2D eigenvalue weighted by atomic mass is 127. The van der Waals surface area contributed by atoms with Gasteiger partial charge in [-0.05, 0) is 69.7 Å². The summed E-state index contributed by atoms with van der Waals surface area (Å²) in [5, 5.41) is 9.92. The topological polar surface area (TPSA) is 78.0 Å². The summed E-state index contributed by atoms with van der Waals surface area (Å²) in [5.41, 5.74) is 1.21. The Labute approximate surface area is 210 Å². The van der Waals surface area contributed by atoms with Gasteiger partial charge in [0, 0.05) is 38.3 Å². The summed E-state index contributed by atoms with van der Waals surface area (Å²) in [7, 11) is 0. The maximum Gasteiger partial charge on any atom is 0.258 e. The van der Waals surface area contributed by atoms with Crippen LogP contribution in [-0.4, -0.2) is 68.2 Å². The lowest BCUT2D eigenvalue weighted by molar-refractivity contribution is -0.123.